The standard InChI is InChI=1S/C18H30N4OS.HI/c1-17(2,3)14-11-24-15(21-14)5-8-20-16(19-4)22-9-6-18(12-22)7-10-23-13-18;/h11H,5-10,12-13H2,1-4H3,(H,19,20);1H. The minimum absolute atomic E-state index is 0. The quantitative estimate of drug-likeness (QED) is 0.412. The Morgan fingerprint density at radius 3 is 2.84 bits per heavy atom. The molecule has 142 valence electrons. The molecule has 3 heterocycles. The third kappa shape index (κ3) is 5.07. The molecule has 25 heavy (non-hydrogen) atoms. The van der Waals surface area contributed by atoms with Crippen LogP contribution in [0.15, 0.2) is 10.4 Å². The molecule has 0 aliphatic carbocycles. The summed E-state index contributed by atoms with van der Waals surface area (Å²) in [4.78, 5) is 11.6. The van der Waals surface area contributed by atoms with Crippen molar-refractivity contribution in [2.45, 2.75) is 45.4 Å². The molecule has 0 bridgehead atoms. The van der Waals surface area contributed by atoms with Crippen LogP contribution < -0.4 is 5.32 Å². The van der Waals surface area contributed by atoms with Crippen molar-refractivity contribution in [1.29, 1.82) is 0 Å². The Kier molecular flexibility index (Phi) is 7.12. The monoisotopic (exact) mass is 478 g/mol. The van der Waals surface area contributed by atoms with Crippen molar-refractivity contribution < 1.29 is 4.74 Å². The Balaban J connectivity index is 0.00000225. The van der Waals surface area contributed by atoms with Crippen LogP contribution in [0.25, 0.3) is 0 Å². The number of nitrogens with one attached hydrogen (secondary N) is 1. The average molecular weight is 478 g/mol. The van der Waals surface area contributed by atoms with Crippen molar-refractivity contribution in [1.82, 2.24) is 15.2 Å². The highest BCUT2D eigenvalue weighted by Crippen LogP contribution is 2.38. The first kappa shape index (κ1) is 20.9. The molecule has 1 unspecified atom stereocenters. The minimum Gasteiger partial charge on any atom is -0.381 e. The smallest absolute Gasteiger partial charge is 0.193 e. The number of hydrogen-bond donors (Lipinski definition) is 1. The molecule has 2 fully saturated rings. The van der Waals surface area contributed by atoms with E-state index in [1.165, 1.54) is 23.5 Å². The topological polar surface area (TPSA) is 49.8 Å². The highest BCUT2D eigenvalue weighted by molar-refractivity contribution is 14.0. The van der Waals surface area contributed by atoms with Crippen LogP contribution in [0.3, 0.4) is 0 Å². The first-order valence-corrected chi connectivity index (χ1v) is 9.78. The molecule has 0 saturated carbocycles. The summed E-state index contributed by atoms with van der Waals surface area (Å²) in [5.41, 5.74) is 1.69. The van der Waals surface area contributed by atoms with Crippen molar-refractivity contribution in [3.8, 4) is 0 Å². The van der Waals surface area contributed by atoms with Gasteiger partial charge >= 0.3 is 0 Å². The van der Waals surface area contributed by atoms with Crippen LogP contribution in [0.5, 0.6) is 0 Å². The van der Waals surface area contributed by atoms with Gasteiger partial charge in [-0.3, -0.25) is 4.99 Å². The van der Waals surface area contributed by atoms with E-state index in [-0.39, 0.29) is 29.4 Å². The highest BCUT2D eigenvalue weighted by atomic mass is 127. The normalized spacial score (nSPS) is 24.0. The summed E-state index contributed by atoms with van der Waals surface area (Å²) in [7, 11) is 1.87. The number of hydrogen-bond acceptors (Lipinski definition) is 4. The number of aromatic nitrogens is 1. The van der Waals surface area contributed by atoms with E-state index in [4.69, 9.17) is 9.72 Å². The Bertz CT molecular complexity index is 590. The predicted octanol–water partition coefficient (Wildman–Crippen LogP) is 3.29. The van der Waals surface area contributed by atoms with Gasteiger partial charge in [0.2, 0.25) is 0 Å². The van der Waals surface area contributed by atoms with E-state index in [1.54, 1.807) is 11.3 Å². The fourth-order valence-corrected chi connectivity index (χ4v) is 4.50. The van der Waals surface area contributed by atoms with E-state index in [2.05, 4.69) is 41.4 Å². The van der Waals surface area contributed by atoms with Gasteiger partial charge in [0, 0.05) is 55.9 Å². The van der Waals surface area contributed by atoms with Crippen molar-refractivity contribution in [3.63, 3.8) is 0 Å². The SMILES string of the molecule is CN=C(NCCc1nc(C(C)(C)C)cs1)N1CCC2(CCOC2)C1.I. The van der Waals surface area contributed by atoms with E-state index in [0.717, 1.165) is 45.2 Å². The Hall–Kier alpha value is -0.410. The van der Waals surface area contributed by atoms with Gasteiger partial charge in [0.05, 0.1) is 17.3 Å². The lowest BCUT2D eigenvalue weighted by Crippen LogP contribution is -2.42. The molecule has 0 radical (unpaired) electrons. The van der Waals surface area contributed by atoms with Crippen molar-refractivity contribution in [2.24, 2.45) is 10.4 Å². The van der Waals surface area contributed by atoms with Crippen LogP contribution in [0, 0.1) is 5.41 Å². The van der Waals surface area contributed by atoms with Gasteiger partial charge in [0.25, 0.3) is 0 Å². The summed E-state index contributed by atoms with van der Waals surface area (Å²) >= 11 is 1.76. The van der Waals surface area contributed by atoms with Crippen LogP contribution >= 0.6 is 35.3 Å². The van der Waals surface area contributed by atoms with Crippen LogP contribution in [0.2, 0.25) is 0 Å². The summed E-state index contributed by atoms with van der Waals surface area (Å²) in [5, 5.41) is 6.90. The number of guanidine groups is 1. The zero-order valence-electron chi connectivity index (χ0n) is 15.8. The largest absolute Gasteiger partial charge is 0.381 e. The maximum Gasteiger partial charge on any atom is 0.193 e. The van der Waals surface area contributed by atoms with Gasteiger partial charge in [0.1, 0.15) is 0 Å². The number of aliphatic imine (C=N–C) groups is 1. The van der Waals surface area contributed by atoms with Crippen LogP contribution in [0.1, 0.15) is 44.3 Å². The maximum atomic E-state index is 5.62. The molecule has 3 rings (SSSR count). The summed E-state index contributed by atoms with van der Waals surface area (Å²) in [6, 6.07) is 0. The van der Waals surface area contributed by atoms with Gasteiger partial charge in [-0.15, -0.1) is 35.3 Å². The van der Waals surface area contributed by atoms with Crippen LogP contribution in [-0.2, 0) is 16.6 Å². The summed E-state index contributed by atoms with van der Waals surface area (Å²) in [5.74, 6) is 1.02. The summed E-state index contributed by atoms with van der Waals surface area (Å²) in [6.45, 7) is 11.5. The number of rotatable bonds is 3. The molecule has 1 atom stereocenters. The molecule has 0 aromatic carbocycles. The fourth-order valence-electron chi connectivity index (χ4n) is 3.47. The van der Waals surface area contributed by atoms with E-state index in [1.807, 2.05) is 7.05 Å². The van der Waals surface area contributed by atoms with Crippen LogP contribution in [0.4, 0.5) is 0 Å². The van der Waals surface area contributed by atoms with Gasteiger partial charge in [-0.25, -0.2) is 4.98 Å². The molecule has 2 aliphatic rings. The zero-order chi connectivity index (χ0) is 17.2. The van der Waals surface area contributed by atoms with Gasteiger partial charge in [-0.05, 0) is 12.8 Å². The van der Waals surface area contributed by atoms with E-state index in [0.29, 0.717) is 5.41 Å². The Morgan fingerprint density at radius 2 is 2.24 bits per heavy atom. The zero-order valence-corrected chi connectivity index (χ0v) is 18.9. The molecule has 1 spiro atoms. The molecular formula is C18H31IN4OS. The van der Waals surface area contributed by atoms with Crippen molar-refractivity contribution in [3.05, 3.63) is 16.1 Å². The number of halogens is 1. The van der Waals surface area contributed by atoms with Crippen molar-refractivity contribution >= 4 is 41.3 Å². The molecule has 2 aliphatic heterocycles. The molecular weight excluding hydrogens is 447 g/mol. The van der Waals surface area contributed by atoms with Gasteiger partial charge < -0.3 is 15.0 Å². The van der Waals surface area contributed by atoms with E-state index >= 15 is 0 Å². The summed E-state index contributed by atoms with van der Waals surface area (Å²) in [6.07, 6.45) is 3.35. The number of ether oxygens (including phenoxy) is 1. The second-order valence-corrected chi connectivity index (χ2v) is 9.02. The maximum absolute atomic E-state index is 5.62. The van der Waals surface area contributed by atoms with E-state index in [9.17, 15) is 0 Å². The van der Waals surface area contributed by atoms with Gasteiger partial charge in [-0.2, -0.15) is 0 Å². The lowest BCUT2D eigenvalue weighted by atomic mass is 9.87. The predicted molar refractivity (Wildman–Crippen MR) is 115 cm³/mol. The molecule has 0 amide bonds. The number of nitrogens with zero attached hydrogens (tertiary/aromatic N) is 3. The third-order valence-corrected chi connectivity index (χ3v) is 5.99. The lowest BCUT2D eigenvalue weighted by molar-refractivity contribution is 0.156. The number of likely N-dealkylation sites (tertiary alicyclic amines) is 1. The molecule has 2 saturated heterocycles. The lowest BCUT2D eigenvalue weighted by Gasteiger charge is -2.24. The average Bonchev–Trinajstić information content (AvgIpc) is 3.26. The molecule has 1 N–H and O–H groups in total. The van der Waals surface area contributed by atoms with Crippen molar-refractivity contribution in [2.75, 3.05) is 39.9 Å². The molecule has 7 heteroatoms. The minimum atomic E-state index is 0. The molecule has 5 nitrogen and oxygen atoms in total. The fraction of sp³-hybridized carbons (Fsp3) is 0.778. The Labute approximate surface area is 172 Å². The second kappa shape index (κ2) is 8.52. The first-order valence-electron chi connectivity index (χ1n) is 8.90. The second-order valence-electron chi connectivity index (χ2n) is 8.07. The molecule has 1 aromatic rings. The van der Waals surface area contributed by atoms with Gasteiger partial charge in [0.15, 0.2) is 5.96 Å². The first-order chi connectivity index (χ1) is 11.4. The third-order valence-electron chi connectivity index (χ3n) is 5.08. The summed E-state index contributed by atoms with van der Waals surface area (Å²) < 4.78 is 5.62. The van der Waals surface area contributed by atoms with Gasteiger partial charge in [-0.1, -0.05) is 20.8 Å². The Morgan fingerprint density at radius 1 is 1.44 bits per heavy atom. The highest BCUT2D eigenvalue weighted by Gasteiger charge is 2.42. The molecule has 1 aromatic heterocycles. The number of thiazole rings is 1. The van der Waals surface area contributed by atoms with Crippen LogP contribution in [-0.4, -0.2) is 55.7 Å². The van der Waals surface area contributed by atoms with E-state index < -0.39 is 0 Å².